The Morgan fingerprint density at radius 1 is 1.40 bits per heavy atom. The molecule has 0 aliphatic carbocycles. The average molecular weight is 277 g/mol. The van der Waals surface area contributed by atoms with E-state index < -0.39 is 0 Å². The van der Waals surface area contributed by atoms with Crippen molar-refractivity contribution in [1.29, 1.82) is 0 Å². The zero-order valence-corrected chi connectivity index (χ0v) is 12.2. The number of urea groups is 1. The van der Waals surface area contributed by atoms with E-state index in [1.807, 2.05) is 25.2 Å². The number of carbonyl (C=O) groups is 1. The van der Waals surface area contributed by atoms with E-state index in [-0.39, 0.29) is 6.03 Å². The van der Waals surface area contributed by atoms with Gasteiger partial charge in [0.05, 0.1) is 6.33 Å². The second-order valence-electron chi connectivity index (χ2n) is 6.19. The van der Waals surface area contributed by atoms with Crippen LogP contribution in [0.15, 0.2) is 12.5 Å². The Morgan fingerprint density at radius 2 is 2.25 bits per heavy atom. The molecule has 0 unspecified atom stereocenters. The zero-order chi connectivity index (χ0) is 14.1. The summed E-state index contributed by atoms with van der Waals surface area (Å²) in [4.78, 5) is 25.7. The van der Waals surface area contributed by atoms with Crippen LogP contribution in [0.3, 0.4) is 0 Å². The number of rotatable bonds is 2. The van der Waals surface area contributed by atoms with Crippen molar-refractivity contribution in [3.8, 4) is 0 Å². The van der Waals surface area contributed by atoms with E-state index in [1.54, 1.807) is 11.2 Å². The van der Waals surface area contributed by atoms with Crippen LogP contribution in [-0.4, -0.2) is 70.5 Å². The van der Waals surface area contributed by atoms with Crippen LogP contribution in [0, 0.1) is 5.92 Å². The van der Waals surface area contributed by atoms with Gasteiger partial charge in [-0.05, 0) is 18.8 Å². The Kier molecular flexibility index (Phi) is 3.65. The second kappa shape index (κ2) is 5.44. The molecule has 3 fully saturated rings. The van der Waals surface area contributed by atoms with Gasteiger partial charge < -0.3 is 14.8 Å². The molecule has 2 amide bonds. The van der Waals surface area contributed by atoms with Crippen molar-refractivity contribution < 1.29 is 4.79 Å². The van der Waals surface area contributed by atoms with Crippen LogP contribution >= 0.6 is 0 Å². The van der Waals surface area contributed by atoms with Gasteiger partial charge in [0.25, 0.3) is 0 Å². The van der Waals surface area contributed by atoms with Crippen molar-refractivity contribution in [2.24, 2.45) is 5.92 Å². The average Bonchev–Trinajstić information content (AvgIpc) is 2.77. The minimum atomic E-state index is 0.144. The number of imidazole rings is 1. The van der Waals surface area contributed by atoms with Crippen LogP contribution < -0.4 is 0 Å². The van der Waals surface area contributed by atoms with Crippen LogP contribution in [0.4, 0.5) is 4.79 Å². The molecule has 6 nitrogen and oxygen atoms in total. The lowest BCUT2D eigenvalue weighted by Gasteiger charge is -2.35. The van der Waals surface area contributed by atoms with Crippen molar-refractivity contribution in [1.82, 2.24) is 24.7 Å². The number of aromatic amines is 1. The molecule has 1 N–H and O–H groups in total. The maximum atomic E-state index is 12.2. The normalized spacial score (nSPS) is 26.6. The summed E-state index contributed by atoms with van der Waals surface area (Å²) in [6.45, 7) is 3.74. The first-order valence-electron chi connectivity index (χ1n) is 7.31. The second-order valence-corrected chi connectivity index (χ2v) is 6.19. The first-order valence-corrected chi connectivity index (χ1v) is 7.31. The number of H-pyrrole nitrogens is 1. The molecule has 4 heterocycles. The molecular formula is C14H23N5O. The monoisotopic (exact) mass is 277 g/mol. The number of piperidine rings is 1. The number of hydrogen-bond acceptors (Lipinski definition) is 3. The molecule has 1 aromatic heterocycles. The van der Waals surface area contributed by atoms with Crippen molar-refractivity contribution in [2.45, 2.75) is 25.4 Å². The van der Waals surface area contributed by atoms with E-state index in [0.29, 0.717) is 12.0 Å². The molecule has 3 aliphatic rings. The van der Waals surface area contributed by atoms with Gasteiger partial charge >= 0.3 is 6.03 Å². The van der Waals surface area contributed by atoms with E-state index in [0.717, 1.165) is 31.9 Å². The Morgan fingerprint density at radius 3 is 2.95 bits per heavy atom. The number of hydrogen-bond donors (Lipinski definition) is 1. The maximum absolute atomic E-state index is 12.2. The maximum Gasteiger partial charge on any atom is 0.319 e. The molecular weight excluding hydrogens is 254 g/mol. The highest BCUT2D eigenvalue weighted by atomic mass is 16.2. The molecule has 3 saturated heterocycles. The number of carbonyl (C=O) groups excluding carboxylic acids is 1. The minimum Gasteiger partial charge on any atom is -0.347 e. The lowest BCUT2D eigenvalue weighted by molar-refractivity contribution is 0.121. The first-order chi connectivity index (χ1) is 9.63. The van der Waals surface area contributed by atoms with Crippen LogP contribution in [-0.2, 0) is 6.54 Å². The summed E-state index contributed by atoms with van der Waals surface area (Å²) >= 11 is 0. The Bertz CT molecular complexity index is 458. The number of aromatic nitrogens is 2. The molecule has 0 aromatic carbocycles. The third kappa shape index (κ3) is 2.65. The number of nitrogens with one attached hydrogen (secondary N) is 1. The summed E-state index contributed by atoms with van der Waals surface area (Å²) in [6.07, 6.45) is 6.05. The summed E-state index contributed by atoms with van der Waals surface area (Å²) in [5.41, 5.74) is 1.16. The van der Waals surface area contributed by atoms with E-state index in [2.05, 4.69) is 14.9 Å². The quantitative estimate of drug-likeness (QED) is 0.877. The molecule has 1 aromatic rings. The Balaban J connectivity index is 1.70. The van der Waals surface area contributed by atoms with Crippen molar-refractivity contribution >= 4 is 6.03 Å². The highest BCUT2D eigenvalue weighted by Gasteiger charge is 2.36. The zero-order valence-electron chi connectivity index (χ0n) is 12.2. The fourth-order valence-electron chi connectivity index (χ4n) is 3.40. The Hall–Kier alpha value is -1.56. The predicted molar refractivity (Wildman–Crippen MR) is 76.2 cm³/mol. The summed E-state index contributed by atoms with van der Waals surface area (Å²) < 4.78 is 0. The highest BCUT2D eigenvalue weighted by molar-refractivity contribution is 5.74. The highest BCUT2D eigenvalue weighted by Crippen LogP contribution is 2.29. The summed E-state index contributed by atoms with van der Waals surface area (Å²) in [5.74, 6) is 0.598. The SMILES string of the molecule is CN(C)C(=O)N1C[C@H]2CC[C@@H](C1)N(Cc1cnc[nH]1)C2. The van der Waals surface area contributed by atoms with Gasteiger partial charge in [-0.15, -0.1) is 0 Å². The lowest BCUT2D eigenvalue weighted by Crippen LogP contribution is -2.45. The van der Waals surface area contributed by atoms with Crippen molar-refractivity contribution in [2.75, 3.05) is 33.7 Å². The van der Waals surface area contributed by atoms with Gasteiger partial charge in [-0.25, -0.2) is 9.78 Å². The van der Waals surface area contributed by atoms with E-state index in [4.69, 9.17) is 0 Å². The molecule has 20 heavy (non-hydrogen) atoms. The summed E-state index contributed by atoms with van der Waals surface area (Å²) in [5, 5.41) is 0. The molecule has 0 saturated carbocycles. The topological polar surface area (TPSA) is 55.5 Å². The molecule has 6 heteroatoms. The largest absolute Gasteiger partial charge is 0.347 e. The lowest BCUT2D eigenvalue weighted by atomic mass is 9.95. The van der Waals surface area contributed by atoms with Gasteiger partial charge in [0.15, 0.2) is 0 Å². The number of fused-ring (bicyclic) bond motifs is 4. The smallest absolute Gasteiger partial charge is 0.319 e. The van der Waals surface area contributed by atoms with Crippen LogP contribution in [0.2, 0.25) is 0 Å². The first kappa shape index (κ1) is 13.4. The Labute approximate surface area is 119 Å². The molecule has 2 bridgehead atoms. The summed E-state index contributed by atoms with van der Waals surface area (Å²) in [6, 6.07) is 0.617. The van der Waals surface area contributed by atoms with Gasteiger partial charge in [0, 0.05) is 58.2 Å². The van der Waals surface area contributed by atoms with Gasteiger partial charge in [0.2, 0.25) is 0 Å². The van der Waals surface area contributed by atoms with Crippen LogP contribution in [0.1, 0.15) is 18.5 Å². The third-order valence-corrected chi connectivity index (χ3v) is 4.41. The standard InChI is InChI=1S/C14H23N5O/c1-17(2)14(20)19-7-11-3-4-13(9-19)18(6-11)8-12-5-15-10-16-12/h5,10-11,13H,3-4,6-9H2,1-2H3,(H,15,16)/t11-,13-/m0/s1. The molecule has 0 spiro atoms. The third-order valence-electron chi connectivity index (χ3n) is 4.41. The molecule has 2 atom stereocenters. The van der Waals surface area contributed by atoms with Crippen LogP contribution in [0.25, 0.3) is 0 Å². The molecule has 0 radical (unpaired) electrons. The number of nitrogens with zero attached hydrogens (tertiary/aromatic N) is 4. The van der Waals surface area contributed by atoms with E-state index in [1.165, 1.54) is 12.8 Å². The fourth-order valence-corrected chi connectivity index (χ4v) is 3.40. The van der Waals surface area contributed by atoms with Gasteiger partial charge in [-0.3, -0.25) is 4.90 Å². The summed E-state index contributed by atoms with van der Waals surface area (Å²) in [7, 11) is 3.66. The molecule has 3 aliphatic heterocycles. The van der Waals surface area contributed by atoms with E-state index in [9.17, 15) is 4.79 Å². The van der Waals surface area contributed by atoms with Crippen molar-refractivity contribution in [3.63, 3.8) is 0 Å². The predicted octanol–water partition coefficient (Wildman–Crippen LogP) is 0.987. The molecule has 4 rings (SSSR count). The molecule has 110 valence electrons. The van der Waals surface area contributed by atoms with Gasteiger partial charge in [-0.1, -0.05) is 0 Å². The van der Waals surface area contributed by atoms with Crippen molar-refractivity contribution in [3.05, 3.63) is 18.2 Å². The fraction of sp³-hybridized carbons (Fsp3) is 0.714. The van der Waals surface area contributed by atoms with Gasteiger partial charge in [0.1, 0.15) is 0 Å². The van der Waals surface area contributed by atoms with Crippen LogP contribution in [0.5, 0.6) is 0 Å². The van der Waals surface area contributed by atoms with Gasteiger partial charge in [-0.2, -0.15) is 0 Å². The number of amides is 2. The van der Waals surface area contributed by atoms with E-state index >= 15 is 0 Å². The minimum absolute atomic E-state index is 0.144.